The van der Waals surface area contributed by atoms with Crippen LogP contribution in [0, 0.1) is 58.0 Å². The van der Waals surface area contributed by atoms with Gasteiger partial charge < -0.3 is 15.3 Å². The van der Waals surface area contributed by atoms with Crippen molar-refractivity contribution in [1.29, 1.82) is 0 Å². The molecule has 1 aromatic heterocycles. The fourth-order valence-electron chi connectivity index (χ4n) is 9.76. The van der Waals surface area contributed by atoms with Crippen molar-refractivity contribution in [3.05, 3.63) is 28.8 Å². The molecule has 3 N–H and O–H groups in total. The normalized spacial score (nSPS) is 44.3. The standard InChI is InChI=1S/C30H41F2NO3S/c1-15(4-7-27-33-23-13-21(31)22(32)14-25(23)37-27)18-5-6-19-28-20(12-26(36)30(18,19)3)29(2)9-8-17(34)10-16(29)11-24(28)35/h13-20,24,26,28,34-36H,4-12H2,1-3H3/t15?,16-,17+,18+,19-,20-,24+,26-,28-,29-,30+/m0/s1. The highest BCUT2D eigenvalue weighted by Gasteiger charge is 2.65. The first-order valence-electron chi connectivity index (χ1n) is 14.3. The summed E-state index contributed by atoms with van der Waals surface area (Å²) >= 11 is 1.43. The molecule has 4 aliphatic carbocycles. The Labute approximate surface area is 222 Å². The molecule has 6 rings (SSSR count). The summed E-state index contributed by atoms with van der Waals surface area (Å²) in [7, 11) is 0. The van der Waals surface area contributed by atoms with Crippen LogP contribution in [0.2, 0.25) is 0 Å². The number of halogens is 2. The first-order chi connectivity index (χ1) is 17.5. The number of thiazole rings is 1. The van der Waals surface area contributed by atoms with Gasteiger partial charge in [-0.25, -0.2) is 13.8 Å². The van der Waals surface area contributed by atoms with Gasteiger partial charge in [0.1, 0.15) is 0 Å². The van der Waals surface area contributed by atoms with Crippen molar-refractivity contribution < 1.29 is 24.1 Å². The quantitative estimate of drug-likeness (QED) is 0.444. The molecule has 0 aliphatic heterocycles. The molecule has 0 radical (unpaired) electrons. The van der Waals surface area contributed by atoms with Crippen LogP contribution in [0.3, 0.4) is 0 Å². The minimum absolute atomic E-state index is 0.0843. The van der Waals surface area contributed by atoms with Gasteiger partial charge in [-0.3, -0.25) is 0 Å². The summed E-state index contributed by atoms with van der Waals surface area (Å²) in [4.78, 5) is 4.55. The third-order valence-corrected chi connectivity index (χ3v) is 12.9. The molecule has 4 aliphatic rings. The van der Waals surface area contributed by atoms with E-state index in [1.165, 1.54) is 23.5 Å². The Hall–Kier alpha value is -1.15. The van der Waals surface area contributed by atoms with Crippen LogP contribution < -0.4 is 0 Å². The van der Waals surface area contributed by atoms with Crippen molar-refractivity contribution >= 4 is 21.6 Å². The van der Waals surface area contributed by atoms with Gasteiger partial charge in [-0.15, -0.1) is 11.3 Å². The molecule has 0 amide bonds. The molecule has 37 heavy (non-hydrogen) atoms. The zero-order chi connectivity index (χ0) is 26.3. The SMILES string of the molecule is CC(CCc1nc2cc(F)c(F)cc2s1)[C@H]1CC[C@H]2[C@@H]3[C@H](O)C[C@@H]4C[C@H](O)CC[C@]4(C)[C@H]3C[C@H](O)[C@]12C. The van der Waals surface area contributed by atoms with Gasteiger partial charge in [0.05, 0.1) is 33.5 Å². The summed E-state index contributed by atoms with van der Waals surface area (Å²) in [5.74, 6) is 0.203. The zero-order valence-corrected chi connectivity index (χ0v) is 23.0. The predicted octanol–water partition coefficient (Wildman–Crippen LogP) is 6.10. The van der Waals surface area contributed by atoms with E-state index in [2.05, 4.69) is 25.8 Å². The van der Waals surface area contributed by atoms with Crippen LogP contribution in [0.25, 0.3) is 10.2 Å². The van der Waals surface area contributed by atoms with Gasteiger partial charge in [0, 0.05) is 6.07 Å². The van der Waals surface area contributed by atoms with Crippen LogP contribution in [0.4, 0.5) is 8.78 Å². The number of benzene rings is 1. The van der Waals surface area contributed by atoms with Crippen molar-refractivity contribution in [1.82, 2.24) is 4.98 Å². The monoisotopic (exact) mass is 533 g/mol. The molecule has 0 saturated heterocycles. The summed E-state index contributed by atoms with van der Waals surface area (Å²) in [6.45, 7) is 6.93. The van der Waals surface area contributed by atoms with E-state index in [9.17, 15) is 24.1 Å². The fourth-order valence-corrected chi connectivity index (χ4v) is 10.8. The lowest BCUT2D eigenvalue weighted by Crippen LogP contribution is -2.62. The average molecular weight is 534 g/mol. The Balaban J connectivity index is 1.20. The van der Waals surface area contributed by atoms with Gasteiger partial charge in [-0.2, -0.15) is 0 Å². The van der Waals surface area contributed by atoms with Gasteiger partial charge in [0.25, 0.3) is 0 Å². The average Bonchev–Trinajstić information content (AvgIpc) is 3.40. The molecule has 7 heteroatoms. The molecule has 4 fully saturated rings. The lowest BCUT2D eigenvalue weighted by molar-refractivity contribution is -0.207. The maximum Gasteiger partial charge on any atom is 0.161 e. The minimum atomic E-state index is -0.860. The van der Waals surface area contributed by atoms with Crippen molar-refractivity contribution in [2.24, 2.45) is 46.3 Å². The number of nitrogens with zero attached hydrogens (tertiary/aromatic N) is 1. The van der Waals surface area contributed by atoms with E-state index in [1.807, 2.05) is 0 Å². The Morgan fingerprint density at radius 2 is 1.78 bits per heavy atom. The maximum absolute atomic E-state index is 13.6. The smallest absolute Gasteiger partial charge is 0.161 e. The Morgan fingerprint density at radius 3 is 2.57 bits per heavy atom. The number of aromatic nitrogens is 1. The Kier molecular flexibility index (Phi) is 6.49. The molecule has 204 valence electrons. The summed E-state index contributed by atoms with van der Waals surface area (Å²) < 4.78 is 27.9. The van der Waals surface area contributed by atoms with Crippen molar-refractivity contribution in [2.75, 3.05) is 0 Å². The number of rotatable bonds is 4. The molecular formula is C30H41F2NO3S. The lowest BCUT2D eigenvalue weighted by atomic mass is 9.43. The molecule has 11 atom stereocenters. The van der Waals surface area contributed by atoms with E-state index in [0.29, 0.717) is 39.8 Å². The Bertz CT molecular complexity index is 1130. The van der Waals surface area contributed by atoms with Crippen LogP contribution in [-0.4, -0.2) is 38.6 Å². The van der Waals surface area contributed by atoms with E-state index >= 15 is 0 Å². The third-order valence-electron chi connectivity index (χ3n) is 11.8. The molecule has 1 heterocycles. The Morgan fingerprint density at radius 1 is 1.03 bits per heavy atom. The van der Waals surface area contributed by atoms with Crippen molar-refractivity contribution in [2.45, 2.75) is 96.9 Å². The molecule has 2 aromatic rings. The van der Waals surface area contributed by atoms with Gasteiger partial charge in [-0.1, -0.05) is 20.8 Å². The second kappa shape index (κ2) is 9.21. The highest BCUT2D eigenvalue weighted by atomic mass is 32.1. The second-order valence-corrected chi connectivity index (χ2v) is 14.5. The topological polar surface area (TPSA) is 73.6 Å². The molecule has 0 bridgehead atoms. The van der Waals surface area contributed by atoms with Gasteiger partial charge >= 0.3 is 0 Å². The van der Waals surface area contributed by atoms with Crippen LogP contribution in [-0.2, 0) is 6.42 Å². The minimum Gasteiger partial charge on any atom is -0.393 e. The molecule has 0 spiro atoms. The molecular weight excluding hydrogens is 492 g/mol. The maximum atomic E-state index is 13.6. The predicted molar refractivity (Wildman–Crippen MR) is 141 cm³/mol. The van der Waals surface area contributed by atoms with E-state index in [-0.39, 0.29) is 29.0 Å². The first-order valence-corrected chi connectivity index (χ1v) is 15.1. The first kappa shape index (κ1) is 26.1. The van der Waals surface area contributed by atoms with Gasteiger partial charge in [0.2, 0.25) is 0 Å². The summed E-state index contributed by atoms with van der Waals surface area (Å²) in [5, 5.41) is 34.4. The third kappa shape index (κ3) is 4.01. The summed E-state index contributed by atoms with van der Waals surface area (Å²) in [6.07, 6.45) is 6.88. The zero-order valence-electron chi connectivity index (χ0n) is 22.2. The molecule has 1 aromatic carbocycles. The van der Waals surface area contributed by atoms with Gasteiger partial charge in [0.15, 0.2) is 11.6 Å². The summed E-state index contributed by atoms with van der Waals surface area (Å²) in [5.41, 5.74) is 0.376. The highest BCUT2D eigenvalue weighted by molar-refractivity contribution is 7.18. The molecule has 4 nitrogen and oxygen atoms in total. The number of aliphatic hydroxyl groups excluding tert-OH is 3. The number of hydrogen-bond donors (Lipinski definition) is 3. The number of hydrogen-bond acceptors (Lipinski definition) is 5. The van der Waals surface area contributed by atoms with Gasteiger partial charge in [-0.05, 0) is 110 Å². The number of aryl methyl sites for hydroxylation is 1. The largest absolute Gasteiger partial charge is 0.393 e. The van der Waals surface area contributed by atoms with Crippen molar-refractivity contribution in [3.63, 3.8) is 0 Å². The van der Waals surface area contributed by atoms with E-state index in [4.69, 9.17) is 0 Å². The van der Waals surface area contributed by atoms with Crippen molar-refractivity contribution in [3.8, 4) is 0 Å². The second-order valence-electron chi connectivity index (χ2n) is 13.4. The van der Waals surface area contributed by atoms with Crippen LogP contribution in [0.5, 0.6) is 0 Å². The van der Waals surface area contributed by atoms with E-state index < -0.39 is 17.7 Å². The van der Waals surface area contributed by atoms with Crippen LogP contribution in [0.15, 0.2) is 12.1 Å². The number of aliphatic hydroxyl groups is 3. The van der Waals surface area contributed by atoms with Crippen LogP contribution in [0.1, 0.15) is 77.1 Å². The molecule has 4 saturated carbocycles. The van der Waals surface area contributed by atoms with Crippen LogP contribution >= 0.6 is 11.3 Å². The number of fused-ring (bicyclic) bond motifs is 6. The van der Waals surface area contributed by atoms with E-state index in [0.717, 1.165) is 62.8 Å². The lowest BCUT2D eigenvalue weighted by Gasteiger charge is -2.63. The fraction of sp³-hybridized carbons (Fsp3) is 0.767. The summed E-state index contributed by atoms with van der Waals surface area (Å²) in [6, 6.07) is 2.42. The molecule has 1 unspecified atom stereocenters. The van der Waals surface area contributed by atoms with E-state index in [1.54, 1.807) is 0 Å². The highest BCUT2D eigenvalue weighted by Crippen LogP contribution is 2.68.